The zero-order valence-corrected chi connectivity index (χ0v) is 13.3. The molecule has 0 radical (unpaired) electrons. The fourth-order valence-electron chi connectivity index (χ4n) is 2.26. The van der Waals surface area contributed by atoms with Crippen molar-refractivity contribution in [3.63, 3.8) is 0 Å². The lowest BCUT2D eigenvalue weighted by molar-refractivity contribution is 0.0950. The van der Waals surface area contributed by atoms with Crippen molar-refractivity contribution in [2.24, 2.45) is 0 Å². The standard InChI is InChI=1S/C17H15ClN4O/c1-12-14(11-21-22(12)16-8-4-5-9-19-16)17(23)20-10-13-6-2-3-7-15(13)18/h2-9,11H,10H2,1H3,(H,20,23). The van der Waals surface area contributed by atoms with Crippen LogP contribution >= 0.6 is 11.6 Å². The summed E-state index contributed by atoms with van der Waals surface area (Å²) in [4.78, 5) is 16.6. The maximum absolute atomic E-state index is 12.4. The zero-order valence-electron chi connectivity index (χ0n) is 12.5. The second kappa shape index (κ2) is 6.62. The SMILES string of the molecule is Cc1c(C(=O)NCc2ccccc2Cl)cnn1-c1ccccn1. The van der Waals surface area contributed by atoms with Crippen molar-refractivity contribution in [1.82, 2.24) is 20.1 Å². The summed E-state index contributed by atoms with van der Waals surface area (Å²) in [5, 5.41) is 7.74. The first kappa shape index (κ1) is 15.2. The number of nitrogens with zero attached hydrogens (tertiary/aromatic N) is 3. The third-order valence-electron chi connectivity index (χ3n) is 3.52. The number of carbonyl (C=O) groups excluding carboxylic acids is 1. The van der Waals surface area contributed by atoms with Gasteiger partial charge in [-0.3, -0.25) is 4.79 Å². The number of benzene rings is 1. The Hall–Kier alpha value is -2.66. The molecule has 0 unspecified atom stereocenters. The molecule has 0 aliphatic rings. The van der Waals surface area contributed by atoms with Gasteiger partial charge in [0.15, 0.2) is 5.82 Å². The minimum atomic E-state index is -0.190. The van der Waals surface area contributed by atoms with Crippen LogP contribution in [0.2, 0.25) is 5.02 Å². The largest absolute Gasteiger partial charge is 0.348 e. The van der Waals surface area contributed by atoms with E-state index in [0.29, 0.717) is 22.9 Å². The number of halogens is 1. The maximum atomic E-state index is 12.4. The highest BCUT2D eigenvalue weighted by atomic mass is 35.5. The summed E-state index contributed by atoms with van der Waals surface area (Å²) in [5.41, 5.74) is 2.13. The lowest BCUT2D eigenvalue weighted by Crippen LogP contribution is -2.23. The molecule has 1 aromatic carbocycles. The predicted molar refractivity (Wildman–Crippen MR) is 88.7 cm³/mol. The smallest absolute Gasteiger partial charge is 0.255 e. The van der Waals surface area contributed by atoms with Gasteiger partial charge in [0.1, 0.15) is 0 Å². The van der Waals surface area contributed by atoms with Gasteiger partial charge >= 0.3 is 0 Å². The number of hydrogen-bond donors (Lipinski definition) is 1. The molecule has 0 atom stereocenters. The van der Waals surface area contributed by atoms with E-state index in [1.807, 2.05) is 43.3 Å². The first-order chi connectivity index (χ1) is 11.2. The highest BCUT2D eigenvalue weighted by Gasteiger charge is 2.15. The molecule has 0 aliphatic heterocycles. The van der Waals surface area contributed by atoms with Crippen LogP contribution in [0.15, 0.2) is 54.9 Å². The molecule has 23 heavy (non-hydrogen) atoms. The van der Waals surface area contributed by atoms with Crippen LogP contribution in [0.1, 0.15) is 21.6 Å². The molecule has 0 fully saturated rings. The van der Waals surface area contributed by atoms with Crippen LogP contribution < -0.4 is 5.32 Å². The third kappa shape index (κ3) is 3.24. The van der Waals surface area contributed by atoms with Gasteiger partial charge in [-0.2, -0.15) is 5.10 Å². The van der Waals surface area contributed by atoms with Gasteiger partial charge in [0, 0.05) is 17.8 Å². The Kier molecular flexibility index (Phi) is 4.39. The van der Waals surface area contributed by atoms with Crippen LogP contribution in [-0.4, -0.2) is 20.7 Å². The van der Waals surface area contributed by atoms with Gasteiger partial charge in [-0.05, 0) is 30.7 Å². The second-order valence-corrected chi connectivity index (χ2v) is 5.42. The van der Waals surface area contributed by atoms with Crippen LogP contribution in [0, 0.1) is 6.92 Å². The van der Waals surface area contributed by atoms with Crippen LogP contribution in [0.5, 0.6) is 0 Å². The Labute approximate surface area is 138 Å². The molecule has 3 aromatic rings. The number of hydrogen-bond acceptors (Lipinski definition) is 3. The summed E-state index contributed by atoms with van der Waals surface area (Å²) >= 11 is 6.09. The summed E-state index contributed by atoms with van der Waals surface area (Å²) in [7, 11) is 0. The molecule has 5 nitrogen and oxygen atoms in total. The quantitative estimate of drug-likeness (QED) is 0.801. The van der Waals surface area contributed by atoms with Crippen molar-refractivity contribution >= 4 is 17.5 Å². The van der Waals surface area contributed by atoms with E-state index in [4.69, 9.17) is 11.6 Å². The monoisotopic (exact) mass is 326 g/mol. The van der Waals surface area contributed by atoms with Gasteiger partial charge in [-0.15, -0.1) is 0 Å². The first-order valence-corrected chi connectivity index (χ1v) is 7.52. The number of aromatic nitrogens is 3. The van der Waals surface area contributed by atoms with Gasteiger partial charge in [-0.1, -0.05) is 35.9 Å². The third-order valence-corrected chi connectivity index (χ3v) is 3.89. The fraction of sp³-hybridized carbons (Fsp3) is 0.118. The molecule has 0 bridgehead atoms. The lowest BCUT2D eigenvalue weighted by Gasteiger charge is -2.07. The minimum Gasteiger partial charge on any atom is -0.348 e. The molecule has 2 heterocycles. The Balaban J connectivity index is 1.76. The molecule has 0 saturated heterocycles. The summed E-state index contributed by atoms with van der Waals surface area (Å²) < 4.78 is 1.64. The van der Waals surface area contributed by atoms with Gasteiger partial charge in [0.25, 0.3) is 5.91 Å². The summed E-state index contributed by atoms with van der Waals surface area (Å²) in [6, 6.07) is 13.0. The predicted octanol–water partition coefficient (Wildman–Crippen LogP) is 3.16. The van der Waals surface area contributed by atoms with Gasteiger partial charge in [0.2, 0.25) is 0 Å². The van der Waals surface area contributed by atoms with Crippen molar-refractivity contribution in [2.45, 2.75) is 13.5 Å². The highest BCUT2D eigenvalue weighted by Crippen LogP contribution is 2.15. The van der Waals surface area contributed by atoms with Gasteiger partial charge in [0.05, 0.1) is 17.5 Å². The Bertz CT molecular complexity index is 830. The van der Waals surface area contributed by atoms with Crippen LogP contribution in [0.3, 0.4) is 0 Å². The summed E-state index contributed by atoms with van der Waals surface area (Å²) in [6.07, 6.45) is 3.24. The van der Waals surface area contributed by atoms with Crippen molar-refractivity contribution in [1.29, 1.82) is 0 Å². The van der Waals surface area contributed by atoms with E-state index in [1.165, 1.54) is 0 Å². The van der Waals surface area contributed by atoms with E-state index in [2.05, 4.69) is 15.4 Å². The van der Waals surface area contributed by atoms with Crippen molar-refractivity contribution in [3.05, 3.63) is 76.7 Å². The molecule has 3 rings (SSSR count). The average Bonchev–Trinajstić information content (AvgIpc) is 2.96. The Morgan fingerprint density at radius 3 is 2.74 bits per heavy atom. The summed E-state index contributed by atoms with van der Waals surface area (Å²) in [6.45, 7) is 2.21. The van der Waals surface area contributed by atoms with Crippen LogP contribution in [0.25, 0.3) is 5.82 Å². The molecule has 0 spiro atoms. The molecule has 0 saturated carbocycles. The number of nitrogens with one attached hydrogen (secondary N) is 1. The van der Waals surface area contributed by atoms with E-state index in [9.17, 15) is 4.79 Å². The summed E-state index contributed by atoms with van der Waals surface area (Å²) in [5.74, 6) is 0.486. The first-order valence-electron chi connectivity index (χ1n) is 7.14. The topological polar surface area (TPSA) is 59.8 Å². The van der Waals surface area contributed by atoms with Gasteiger partial charge < -0.3 is 5.32 Å². The zero-order chi connectivity index (χ0) is 16.2. The molecule has 1 amide bonds. The van der Waals surface area contributed by atoms with Crippen molar-refractivity contribution in [2.75, 3.05) is 0 Å². The van der Waals surface area contributed by atoms with E-state index in [1.54, 1.807) is 23.1 Å². The van der Waals surface area contributed by atoms with E-state index < -0.39 is 0 Å². The van der Waals surface area contributed by atoms with Crippen LogP contribution in [-0.2, 0) is 6.54 Å². The maximum Gasteiger partial charge on any atom is 0.255 e. The fourth-order valence-corrected chi connectivity index (χ4v) is 2.46. The van der Waals surface area contributed by atoms with Crippen molar-refractivity contribution in [3.8, 4) is 5.82 Å². The van der Waals surface area contributed by atoms with Gasteiger partial charge in [-0.25, -0.2) is 9.67 Å². The number of carbonyl (C=O) groups is 1. The Morgan fingerprint density at radius 1 is 1.22 bits per heavy atom. The lowest BCUT2D eigenvalue weighted by atomic mass is 10.2. The van der Waals surface area contributed by atoms with E-state index >= 15 is 0 Å². The minimum absolute atomic E-state index is 0.190. The van der Waals surface area contributed by atoms with Crippen LogP contribution in [0.4, 0.5) is 0 Å². The van der Waals surface area contributed by atoms with E-state index in [-0.39, 0.29) is 5.91 Å². The second-order valence-electron chi connectivity index (χ2n) is 5.02. The van der Waals surface area contributed by atoms with E-state index in [0.717, 1.165) is 11.3 Å². The molecular formula is C17H15ClN4O. The molecule has 2 aromatic heterocycles. The molecule has 6 heteroatoms. The molecule has 116 valence electrons. The number of pyridine rings is 1. The normalized spacial score (nSPS) is 10.5. The molecule has 0 aliphatic carbocycles. The number of rotatable bonds is 4. The van der Waals surface area contributed by atoms with Crippen molar-refractivity contribution < 1.29 is 4.79 Å². The average molecular weight is 327 g/mol. The molecule has 1 N–H and O–H groups in total. The Morgan fingerprint density at radius 2 is 2.00 bits per heavy atom. The number of amides is 1. The highest BCUT2D eigenvalue weighted by molar-refractivity contribution is 6.31. The molecular weight excluding hydrogens is 312 g/mol.